The van der Waals surface area contributed by atoms with E-state index < -0.39 is 21.8 Å². The molecule has 13 heavy (non-hydrogen) atoms. The van der Waals surface area contributed by atoms with Gasteiger partial charge in [-0.2, -0.15) is 0 Å². The van der Waals surface area contributed by atoms with Gasteiger partial charge >= 0.3 is 18.9 Å². The molecule has 0 saturated heterocycles. The van der Waals surface area contributed by atoms with E-state index in [1.165, 1.54) is 6.92 Å². The Morgan fingerprint density at radius 2 is 2.00 bits per heavy atom. The fourth-order valence-corrected chi connectivity index (χ4v) is 0.793. The first-order valence-corrected chi connectivity index (χ1v) is 4.78. The summed E-state index contributed by atoms with van der Waals surface area (Å²) >= 11 is 0. The van der Waals surface area contributed by atoms with E-state index in [1.54, 1.807) is 0 Å². The normalized spacial score (nSPS) is 10.0. The van der Waals surface area contributed by atoms with Gasteiger partial charge in [-0.05, 0) is 6.92 Å². The third-order valence-corrected chi connectivity index (χ3v) is 1.73. The van der Waals surface area contributed by atoms with Crippen LogP contribution in [0.5, 0.6) is 0 Å². The first-order valence-electron chi connectivity index (χ1n) is 3.20. The maximum Gasteiger partial charge on any atom is 1.00 e. The summed E-state index contributed by atoms with van der Waals surface area (Å²) in [6, 6.07) is 0. The summed E-state index contributed by atoms with van der Waals surface area (Å²) in [5, 5.41) is 2.22. The molecule has 0 rings (SSSR count). The molecule has 0 aliphatic rings. The second-order valence-corrected chi connectivity index (χ2v) is 3.82. The van der Waals surface area contributed by atoms with Crippen molar-refractivity contribution >= 4 is 16.0 Å². The third kappa shape index (κ3) is 9.63. The largest absolute Gasteiger partial charge is 1.00 e. The Morgan fingerprint density at radius 1 is 1.54 bits per heavy atom. The molecule has 70 valence electrons. The molecule has 0 saturated carbocycles. The van der Waals surface area contributed by atoms with E-state index in [0.717, 1.165) is 0 Å². The molecule has 5 nitrogen and oxygen atoms in total. The number of amides is 1. The average molecular weight is 199 g/mol. The maximum absolute atomic E-state index is 10.7. The van der Waals surface area contributed by atoms with Gasteiger partial charge in [-0.1, -0.05) is 6.58 Å². The smallest absolute Gasteiger partial charge is 0.748 e. The molecule has 0 spiro atoms. The van der Waals surface area contributed by atoms with E-state index in [-0.39, 0.29) is 31.0 Å². The van der Waals surface area contributed by atoms with E-state index in [9.17, 15) is 17.8 Å². The molecule has 0 aromatic heterocycles. The van der Waals surface area contributed by atoms with Crippen molar-refractivity contribution in [3.63, 3.8) is 0 Å². The molecule has 0 atom stereocenters. The van der Waals surface area contributed by atoms with Crippen molar-refractivity contribution in [2.45, 2.75) is 6.92 Å². The second-order valence-electron chi connectivity index (χ2n) is 2.30. The topological polar surface area (TPSA) is 86.3 Å². The Labute approximate surface area is 89.5 Å². The Hall–Kier alpha value is -0.283. The number of rotatable bonds is 4. The number of hydrogen-bond acceptors (Lipinski definition) is 4. The molecule has 0 aromatic rings. The summed E-state index contributed by atoms with van der Waals surface area (Å²) in [4.78, 5) is 10.7. The molecule has 0 radical (unpaired) electrons. The zero-order valence-corrected chi connectivity index (χ0v) is 8.48. The van der Waals surface area contributed by atoms with Crippen LogP contribution in [0.3, 0.4) is 0 Å². The van der Waals surface area contributed by atoms with Crippen molar-refractivity contribution in [2.24, 2.45) is 0 Å². The van der Waals surface area contributed by atoms with E-state index in [1.807, 2.05) is 0 Å². The summed E-state index contributed by atoms with van der Waals surface area (Å²) < 4.78 is 30.2. The first kappa shape index (κ1) is 15.2. The van der Waals surface area contributed by atoms with Crippen LogP contribution in [-0.2, 0) is 14.9 Å². The van der Waals surface area contributed by atoms with Gasteiger partial charge < -0.3 is 9.87 Å². The molecular formula is C6H10LiNO4S. The van der Waals surface area contributed by atoms with Gasteiger partial charge in [-0.15, -0.1) is 0 Å². The number of hydrogen-bond donors (Lipinski definition) is 1. The van der Waals surface area contributed by atoms with E-state index in [2.05, 4.69) is 11.9 Å². The molecule has 1 N–H and O–H groups in total. The minimum atomic E-state index is -4.24. The molecular weight excluding hydrogens is 189 g/mol. The van der Waals surface area contributed by atoms with Crippen molar-refractivity contribution < 1.29 is 36.6 Å². The molecule has 0 aliphatic carbocycles. The van der Waals surface area contributed by atoms with Crippen LogP contribution in [0.25, 0.3) is 0 Å². The molecule has 0 heterocycles. The molecule has 0 aliphatic heterocycles. The van der Waals surface area contributed by atoms with Gasteiger partial charge in [-0.25, -0.2) is 8.42 Å². The van der Waals surface area contributed by atoms with Crippen LogP contribution in [0.1, 0.15) is 6.92 Å². The maximum atomic E-state index is 10.7. The third-order valence-electron chi connectivity index (χ3n) is 1.03. The summed E-state index contributed by atoms with van der Waals surface area (Å²) in [6.45, 7) is 4.65. The fourth-order valence-electron chi connectivity index (χ4n) is 0.440. The predicted molar refractivity (Wildman–Crippen MR) is 42.4 cm³/mol. The zero-order valence-electron chi connectivity index (χ0n) is 7.66. The van der Waals surface area contributed by atoms with Crippen molar-refractivity contribution in [3.8, 4) is 0 Å². The van der Waals surface area contributed by atoms with Gasteiger partial charge in [0.05, 0.1) is 15.9 Å². The van der Waals surface area contributed by atoms with Gasteiger partial charge in [0.25, 0.3) is 0 Å². The average Bonchev–Trinajstić information content (AvgIpc) is 1.84. The van der Waals surface area contributed by atoms with E-state index in [0.29, 0.717) is 0 Å². The molecule has 0 aromatic carbocycles. The van der Waals surface area contributed by atoms with Crippen molar-refractivity contribution in [1.82, 2.24) is 5.32 Å². The van der Waals surface area contributed by atoms with Gasteiger partial charge in [0.1, 0.15) is 0 Å². The molecule has 0 fully saturated rings. The molecule has 0 unspecified atom stereocenters. The van der Waals surface area contributed by atoms with Crippen molar-refractivity contribution in [1.29, 1.82) is 0 Å². The zero-order chi connectivity index (χ0) is 9.78. The molecule has 0 bridgehead atoms. The Kier molecular flexibility index (Phi) is 7.27. The molecule has 1 amide bonds. The van der Waals surface area contributed by atoms with E-state index >= 15 is 0 Å². The predicted octanol–water partition coefficient (Wildman–Crippen LogP) is -3.77. The minimum absolute atomic E-state index is 0. The number of nitrogens with one attached hydrogen (secondary N) is 1. The number of carbonyl (C=O) groups is 1. The van der Waals surface area contributed by atoms with Crippen LogP contribution in [0.4, 0.5) is 0 Å². The summed E-state index contributed by atoms with van der Waals surface area (Å²) in [7, 11) is -4.24. The Balaban J connectivity index is 0. The summed E-state index contributed by atoms with van der Waals surface area (Å²) in [5.74, 6) is -1.04. The van der Waals surface area contributed by atoms with Crippen LogP contribution >= 0.6 is 0 Å². The second kappa shape index (κ2) is 6.21. The quantitative estimate of drug-likeness (QED) is 0.286. The fraction of sp³-hybridized carbons (Fsp3) is 0.500. The van der Waals surface area contributed by atoms with Gasteiger partial charge in [0.2, 0.25) is 5.91 Å². The van der Waals surface area contributed by atoms with Crippen molar-refractivity contribution in [2.75, 3.05) is 12.3 Å². The monoisotopic (exact) mass is 199 g/mol. The number of carbonyl (C=O) groups excluding carboxylic acids is 1. The van der Waals surface area contributed by atoms with Crippen LogP contribution in [-0.4, -0.2) is 31.2 Å². The van der Waals surface area contributed by atoms with Crippen LogP contribution in [0.2, 0.25) is 0 Å². The van der Waals surface area contributed by atoms with Crippen LogP contribution < -0.4 is 24.2 Å². The standard InChI is InChI=1S/C6H11NO4S.Li/c1-5(2)6(8)7-3-4-12(9,10)11;/h1,3-4H2,2H3,(H,7,8)(H,9,10,11);/q;+1/p-1. The Morgan fingerprint density at radius 3 is 2.31 bits per heavy atom. The van der Waals surface area contributed by atoms with Gasteiger partial charge in [-0.3, -0.25) is 4.79 Å². The van der Waals surface area contributed by atoms with Gasteiger partial charge in [0, 0.05) is 12.1 Å². The minimum Gasteiger partial charge on any atom is -0.748 e. The summed E-state index contributed by atoms with van der Waals surface area (Å²) in [5.41, 5.74) is 0.276. The van der Waals surface area contributed by atoms with Crippen molar-refractivity contribution in [3.05, 3.63) is 12.2 Å². The molecule has 7 heteroatoms. The first-order chi connectivity index (χ1) is 5.33. The van der Waals surface area contributed by atoms with Crippen LogP contribution in [0.15, 0.2) is 12.2 Å². The van der Waals surface area contributed by atoms with Crippen LogP contribution in [0, 0.1) is 0 Å². The summed E-state index contributed by atoms with van der Waals surface area (Å²) in [6.07, 6.45) is 0. The SMILES string of the molecule is C=C(C)C(=O)NCCS(=O)(=O)[O-].[Li+]. The van der Waals surface area contributed by atoms with E-state index in [4.69, 9.17) is 0 Å². The van der Waals surface area contributed by atoms with Gasteiger partial charge in [0.15, 0.2) is 0 Å². The Bertz CT molecular complexity index is 285.